The van der Waals surface area contributed by atoms with Crippen molar-refractivity contribution in [1.82, 2.24) is 9.80 Å². The molecule has 0 saturated carbocycles. The molecule has 2 aliphatic heterocycles. The lowest BCUT2D eigenvalue weighted by Crippen LogP contribution is -2.52. The van der Waals surface area contributed by atoms with Crippen molar-refractivity contribution in [2.75, 3.05) is 44.2 Å². The molecule has 1 saturated heterocycles. The Kier molecular flexibility index (Phi) is 5.30. The number of anilines is 1. The van der Waals surface area contributed by atoms with E-state index in [-0.39, 0.29) is 25.0 Å². The third-order valence-corrected chi connectivity index (χ3v) is 5.30. The maximum absolute atomic E-state index is 12.8. The lowest BCUT2D eigenvalue weighted by atomic mass is 10.1. The summed E-state index contributed by atoms with van der Waals surface area (Å²) >= 11 is 0. The summed E-state index contributed by atoms with van der Waals surface area (Å²) in [6.07, 6.45) is 0. The van der Waals surface area contributed by atoms with E-state index in [9.17, 15) is 9.59 Å². The molecule has 0 radical (unpaired) electrons. The highest BCUT2D eigenvalue weighted by Gasteiger charge is 2.28. The van der Waals surface area contributed by atoms with E-state index in [4.69, 9.17) is 4.74 Å². The number of ether oxygens (including phenoxy) is 1. The summed E-state index contributed by atoms with van der Waals surface area (Å²) in [4.78, 5) is 30.8. The van der Waals surface area contributed by atoms with E-state index in [0.717, 1.165) is 30.9 Å². The van der Waals surface area contributed by atoms with Crippen LogP contribution in [0.3, 0.4) is 0 Å². The predicted molar refractivity (Wildman–Crippen MR) is 107 cm³/mol. The van der Waals surface area contributed by atoms with Crippen molar-refractivity contribution < 1.29 is 14.3 Å². The second-order valence-electron chi connectivity index (χ2n) is 7.44. The van der Waals surface area contributed by atoms with Gasteiger partial charge in [-0.2, -0.15) is 0 Å². The van der Waals surface area contributed by atoms with Gasteiger partial charge in [0, 0.05) is 32.7 Å². The van der Waals surface area contributed by atoms with Gasteiger partial charge < -0.3 is 14.5 Å². The van der Waals surface area contributed by atoms with Crippen LogP contribution >= 0.6 is 0 Å². The maximum Gasteiger partial charge on any atom is 0.331 e. The lowest BCUT2D eigenvalue weighted by molar-refractivity contribution is -0.134. The van der Waals surface area contributed by atoms with E-state index >= 15 is 0 Å². The molecule has 2 aromatic rings. The van der Waals surface area contributed by atoms with Crippen LogP contribution in [0.2, 0.25) is 0 Å². The Hall–Kier alpha value is -2.86. The van der Waals surface area contributed by atoms with Crippen LogP contribution in [0, 0.1) is 6.92 Å². The van der Waals surface area contributed by atoms with Gasteiger partial charge in [-0.3, -0.25) is 9.69 Å². The smallest absolute Gasteiger partial charge is 0.331 e. The second kappa shape index (κ2) is 8.02. The first kappa shape index (κ1) is 18.5. The summed E-state index contributed by atoms with van der Waals surface area (Å²) in [5.41, 5.74) is 3.18. The minimum Gasteiger partial charge on any atom is -0.423 e. The zero-order valence-corrected chi connectivity index (χ0v) is 16.1. The Morgan fingerprint density at radius 2 is 1.79 bits per heavy atom. The van der Waals surface area contributed by atoms with Gasteiger partial charge in [-0.05, 0) is 30.2 Å². The van der Waals surface area contributed by atoms with Crippen LogP contribution < -0.4 is 9.64 Å². The Labute approximate surface area is 165 Å². The number of carbonyl (C=O) groups excluding carboxylic acids is 2. The number of fused-ring (bicyclic) bond motifs is 1. The zero-order valence-electron chi connectivity index (χ0n) is 16.1. The van der Waals surface area contributed by atoms with E-state index in [1.165, 1.54) is 5.56 Å². The van der Waals surface area contributed by atoms with E-state index in [0.29, 0.717) is 18.8 Å². The van der Waals surface area contributed by atoms with Gasteiger partial charge in [0.2, 0.25) is 5.91 Å². The maximum atomic E-state index is 12.8. The van der Waals surface area contributed by atoms with Crippen LogP contribution in [0.1, 0.15) is 11.1 Å². The van der Waals surface area contributed by atoms with Crippen LogP contribution in [-0.2, 0) is 16.1 Å². The van der Waals surface area contributed by atoms with Crippen molar-refractivity contribution in [2.24, 2.45) is 0 Å². The third kappa shape index (κ3) is 4.17. The van der Waals surface area contributed by atoms with Crippen LogP contribution in [-0.4, -0.2) is 60.9 Å². The highest BCUT2D eigenvalue weighted by atomic mass is 16.5. The fourth-order valence-electron chi connectivity index (χ4n) is 3.76. The largest absolute Gasteiger partial charge is 0.423 e. The number of piperazine rings is 1. The summed E-state index contributed by atoms with van der Waals surface area (Å²) in [6, 6.07) is 16.1. The predicted octanol–water partition coefficient (Wildman–Crippen LogP) is 2.06. The van der Waals surface area contributed by atoms with Crippen molar-refractivity contribution >= 4 is 17.6 Å². The molecule has 28 heavy (non-hydrogen) atoms. The quantitative estimate of drug-likeness (QED) is 0.601. The van der Waals surface area contributed by atoms with Gasteiger partial charge in [-0.25, -0.2) is 4.79 Å². The molecule has 4 rings (SSSR count). The Bertz CT molecular complexity index is 861. The molecule has 0 aromatic heterocycles. The number of nitrogens with zero attached hydrogens (tertiary/aromatic N) is 3. The third-order valence-electron chi connectivity index (χ3n) is 5.30. The van der Waals surface area contributed by atoms with Crippen LogP contribution in [0.4, 0.5) is 5.69 Å². The summed E-state index contributed by atoms with van der Waals surface area (Å²) < 4.78 is 5.30. The molecule has 0 N–H and O–H groups in total. The van der Waals surface area contributed by atoms with Crippen molar-refractivity contribution in [3.63, 3.8) is 0 Å². The molecule has 146 valence electrons. The van der Waals surface area contributed by atoms with E-state index in [1.54, 1.807) is 6.07 Å². The van der Waals surface area contributed by atoms with E-state index in [2.05, 4.69) is 29.2 Å². The van der Waals surface area contributed by atoms with Crippen LogP contribution in [0.5, 0.6) is 5.75 Å². The van der Waals surface area contributed by atoms with E-state index < -0.39 is 0 Å². The lowest BCUT2D eigenvalue weighted by Gasteiger charge is -2.37. The summed E-state index contributed by atoms with van der Waals surface area (Å²) in [5.74, 6) is 0.265. The molecule has 0 atom stereocenters. The second-order valence-corrected chi connectivity index (χ2v) is 7.44. The molecular formula is C22H25N3O3. The normalized spacial score (nSPS) is 17.2. The Morgan fingerprint density at radius 1 is 1.04 bits per heavy atom. The number of esters is 1. The number of benzene rings is 2. The fourth-order valence-corrected chi connectivity index (χ4v) is 3.76. The number of amides is 1. The standard InChI is InChI=1S/C22H25N3O3/c1-17-7-8-20-19(13-17)25(16-22(27)28-20)15-21(26)24-11-9-23(10-12-24)14-18-5-3-2-4-6-18/h2-8,13H,9-12,14-16H2,1H3. The van der Waals surface area contributed by atoms with Gasteiger partial charge >= 0.3 is 5.97 Å². The first-order valence-electron chi connectivity index (χ1n) is 9.69. The molecule has 0 spiro atoms. The van der Waals surface area contributed by atoms with Gasteiger partial charge in [0.05, 0.1) is 12.2 Å². The van der Waals surface area contributed by atoms with Crippen molar-refractivity contribution in [2.45, 2.75) is 13.5 Å². The van der Waals surface area contributed by atoms with Crippen LogP contribution in [0.25, 0.3) is 0 Å². The molecule has 0 bridgehead atoms. The molecule has 6 heteroatoms. The van der Waals surface area contributed by atoms with Gasteiger partial charge in [-0.15, -0.1) is 0 Å². The molecule has 2 heterocycles. The minimum absolute atomic E-state index is 0.0570. The molecular weight excluding hydrogens is 354 g/mol. The van der Waals surface area contributed by atoms with Crippen molar-refractivity contribution in [1.29, 1.82) is 0 Å². The molecule has 0 unspecified atom stereocenters. The Balaban J connectivity index is 1.35. The van der Waals surface area contributed by atoms with E-state index in [1.807, 2.05) is 34.9 Å². The number of aryl methyl sites for hydroxylation is 1. The average molecular weight is 379 g/mol. The van der Waals surface area contributed by atoms with Gasteiger partial charge in [0.1, 0.15) is 6.54 Å². The van der Waals surface area contributed by atoms with Gasteiger partial charge in [0.25, 0.3) is 0 Å². The number of carbonyl (C=O) groups is 2. The number of rotatable bonds is 4. The minimum atomic E-state index is -0.322. The summed E-state index contributed by atoms with van der Waals surface area (Å²) in [7, 11) is 0. The van der Waals surface area contributed by atoms with Gasteiger partial charge in [0.15, 0.2) is 5.75 Å². The van der Waals surface area contributed by atoms with Crippen LogP contribution in [0.15, 0.2) is 48.5 Å². The monoisotopic (exact) mass is 379 g/mol. The molecule has 6 nitrogen and oxygen atoms in total. The van der Waals surface area contributed by atoms with Crippen molar-refractivity contribution in [3.05, 3.63) is 59.7 Å². The molecule has 1 fully saturated rings. The first-order chi connectivity index (χ1) is 13.6. The summed E-state index contributed by atoms with van der Waals surface area (Å²) in [5, 5.41) is 0. The molecule has 1 amide bonds. The highest BCUT2D eigenvalue weighted by molar-refractivity contribution is 5.89. The Morgan fingerprint density at radius 3 is 2.54 bits per heavy atom. The average Bonchev–Trinajstić information content (AvgIpc) is 2.70. The van der Waals surface area contributed by atoms with Crippen molar-refractivity contribution in [3.8, 4) is 5.75 Å². The number of hydrogen-bond acceptors (Lipinski definition) is 5. The molecule has 0 aliphatic carbocycles. The van der Waals surface area contributed by atoms with Gasteiger partial charge in [-0.1, -0.05) is 36.4 Å². The topological polar surface area (TPSA) is 53.1 Å². The highest BCUT2D eigenvalue weighted by Crippen LogP contribution is 2.32. The first-order valence-corrected chi connectivity index (χ1v) is 9.69. The number of hydrogen-bond donors (Lipinski definition) is 0. The molecule has 2 aromatic carbocycles. The summed E-state index contributed by atoms with van der Waals surface area (Å²) in [6.45, 7) is 6.35. The zero-order chi connectivity index (χ0) is 19.5. The SMILES string of the molecule is Cc1ccc2c(c1)N(CC(=O)N1CCN(Cc3ccccc3)CC1)CC(=O)O2. The fraction of sp³-hybridized carbons (Fsp3) is 0.364. The molecule has 2 aliphatic rings.